The molecule has 0 saturated carbocycles. The van der Waals surface area contributed by atoms with Crippen LogP contribution in [0.4, 0.5) is 5.69 Å². The number of nitro benzene ring substituents is 1. The van der Waals surface area contributed by atoms with E-state index in [9.17, 15) is 10.1 Å². The molecule has 0 bridgehead atoms. The van der Waals surface area contributed by atoms with Crippen LogP contribution in [0, 0.1) is 27.5 Å². The van der Waals surface area contributed by atoms with Crippen molar-refractivity contribution < 1.29 is 4.92 Å². The Morgan fingerprint density at radius 2 is 2.00 bits per heavy atom. The Morgan fingerprint density at radius 3 is 2.42 bits per heavy atom. The summed E-state index contributed by atoms with van der Waals surface area (Å²) >= 11 is 2.10. The Morgan fingerprint density at radius 1 is 1.42 bits per heavy atom. The second-order valence-corrected chi connectivity index (χ2v) is 3.79. The molecule has 0 unspecified atom stereocenters. The summed E-state index contributed by atoms with van der Waals surface area (Å²) in [6, 6.07) is 3.18. The van der Waals surface area contributed by atoms with Crippen molar-refractivity contribution in [3.8, 4) is 0 Å². The second kappa shape index (κ2) is 3.38. The van der Waals surface area contributed by atoms with Crippen LogP contribution in [0.15, 0.2) is 12.1 Å². The third kappa shape index (κ3) is 1.74. The molecule has 0 aliphatic rings. The minimum atomic E-state index is -0.366. The molecule has 0 aromatic heterocycles. The fourth-order valence-electron chi connectivity index (χ4n) is 0.904. The van der Waals surface area contributed by atoms with Crippen molar-refractivity contribution in [1.29, 1.82) is 0 Å². The summed E-state index contributed by atoms with van der Waals surface area (Å²) in [6.07, 6.45) is 0. The number of non-ortho nitro benzene ring substituents is 1. The van der Waals surface area contributed by atoms with E-state index in [1.807, 2.05) is 13.8 Å². The third-order valence-electron chi connectivity index (χ3n) is 1.80. The normalized spacial score (nSPS) is 9.92. The molecule has 0 heterocycles. The van der Waals surface area contributed by atoms with Crippen LogP contribution in [0.1, 0.15) is 11.1 Å². The Labute approximate surface area is 84.1 Å². The summed E-state index contributed by atoms with van der Waals surface area (Å²) in [4.78, 5) is 10.1. The molecule has 0 amide bonds. The molecule has 1 rings (SSSR count). The maximum atomic E-state index is 10.4. The van der Waals surface area contributed by atoms with E-state index < -0.39 is 0 Å². The summed E-state index contributed by atoms with van der Waals surface area (Å²) < 4.78 is 0.944. The van der Waals surface area contributed by atoms with Crippen molar-refractivity contribution in [1.82, 2.24) is 0 Å². The first-order chi connectivity index (χ1) is 5.52. The lowest BCUT2D eigenvalue weighted by molar-refractivity contribution is -0.385. The fraction of sp³-hybridized carbons (Fsp3) is 0.250. The minimum absolute atomic E-state index is 0.169. The molecule has 0 radical (unpaired) electrons. The van der Waals surface area contributed by atoms with Gasteiger partial charge in [-0.3, -0.25) is 10.1 Å². The molecule has 0 aliphatic carbocycles. The molecule has 0 N–H and O–H groups in total. The van der Waals surface area contributed by atoms with Crippen molar-refractivity contribution in [2.24, 2.45) is 0 Å². The standard InChI is InChI=1S/C8H8INO2/c1-5-3-7(10(11)12)4-8(9)6(5)2/h3-4H,1-2H3. The van der Waals surface area contributed by atoms with Gasteiger partial charge in [0.15, 0.2) is 0 Å². The number of hydrogen-bond donors (Lipinski definition) is 0. The van der Waals surface area contributed by atoms with Crippen molar-refractivity contribution in [3.05, 3.63) is 36.9 Å². The Hall–Kier alpha value is -0.650. The Balaban J connectivity index is 3.31. The maximum Gasteiger partial charge on any atom is 0.270 e. The van der Waals surface area contributed by atoms with Gasteiger partial charge in [0, 0.05) is 15.7 Å². The van der Waals surface area contributed by atoms with E-state index >= 15 is 0 Å². The predicted molar refractivity (Wildman–Crippen MR) is 55.3 cm³/mol. The van der Waals surface area contributed by atoms with E-state index in [2.05, 4.69) is 22.6 Å². The van der Waals surface area contributed by atoms with Gasteiger partial charge >= 0.3 is 0 Å². The number of halogens is 1. The van der Waals surface area contributed by atoms with E-state index in [0.29, 0.717) is 0 Å². The summed E-state index contributed by atoms with van der Waals surface area (Å²) in [5.74, 6) is 0. The molecule has 64 valence electrons. The second-order valence-electron chi connectivity index (χ2n) is 2.63. The number of nitrogens with zero attached hydrogens (tertiary/aromatic N) is 1. The highest BCUT2D eigenvalue weighted by atomic mass is 127. The first-order valence-corrected chi connectivity index (χ1v) is 4.51. The maximum absolute atomic E-state index is 10.4. The van der Waals surface area contributed by atoms with Gasteiger partial charge in [0.25, 0.3) is 5.69 Å². The molecule has 12 heavy (non-hydrogen) atoms. The van der Waals surface area contributed by atoms with E-state index in [-0.39, 0.29) is 10.6 Å². The number of benzene rings is 1. The molecule has 0 aliphatic heterocycles. The highest BCUT2D eigenvalue weighted by molar-refractivity contribution is 14.1. The van der Waals surface area contributed by atoms with Gasteiger partial charge in [-0.05, 0) is 47.6 Å². The zero-order valence-electron chi connectivity index (χ0n) is 6.80. The zero-order chi connectivity index (χ0) is 9.30. The quantitative estimate of drug-likeness (QED) is 0.450. The van der Waals surface area contributed by atoms with Gasteiger partial charge in [-0.15, -0.1) is 0 Å². The molecule has 0 saturated heterocycles. The number of rotatable bonds is 1. The average molecular weight is 277 g/mol. The first kappa shape index (κ1) is 9.44. The van der Waals surface area contributed by atoms with Crippen LogP contribution in [0.3, 0.4) is 0 Å². The first-order valence-electron chi connectivity index (χ1n) is 3.43. The van der Waals surface area contributed by atoms with E-state index in [0.717, 1.165) is 14.7 Å². The van der Waals surface area contributed by atoms with E-state index in [1.54, 1.807) is 12.1 Å². The lowest BCUT2D eigenvalue weighted by atomic mass is 10.1. The lowest BCUT2D eigenvalue weighted by Gasteiger charge is -2.01. The molecular formula is C8H8INO2. The lowest BCUT2D eigenvalue weighted by Crippen LogP contribution is -1.92. The van der Waals surface area contributed by atoms with E-state index in [1.165, 1.54) is 0 Å². The highest BCUT2D eigenvalue weighted by Gasteiger charge is 2.09. The van der Waals surface area contributed by atoms with Gasteiger partial charge < -0.3 is 0 Å². The largest absolute Gasteiger partial charge is 0.270 e. The summed E-state index contributed by atoms with van der Waals surface area (Å²) in [6.45, 7) is 3.84. The van der Waals surface area contributed by atoms with Crippen molar-refractivity contribution in [2.75, 3.05) is 0 Å². The molecular weight excluding hydrogens is 269 g/mol. The molecule has 0 atom stereocenters. The number of nitro groups is 1. The summed E-state index contributed by atoms with van der Waals surface area (Å²) in [5.41, 5.74) is 2.25. The molecule has 1 aromatic carbocycles. The molecule has 0 fully saturated rings. The van der Waals surface area contributed by atoms with Gasteiger partial charge in [0.05, 0.1) is 4.92 Å². The van der Waals surface area contributed by atoms with Gasteiger partial charge in [0.1, 0.15) is 0 Å². The summed E-state index contributed by atoms with van der Waals surface area (Å²) in [5, 5.41) is 10.4. The van der Waals surface area contributed by atoms with E-state index in [4.69, 9.17) is 0 Å². The van der Waals surface area contributed by atoms with Crippen LogP contribution < -0.4 is 0 Å². The van der Waals surface area contributed by atoms with Crippen molar-refractivity contribution >= 4 is 28.3 Å². The smallest absolute Gasteiger partial charge is 0.258 e. The van der Waals surface area contributed by atoms with Gasteiger partial charge in [0.2, 0.25) is 0 Å². The zero-order valence-corrected chi connectivity index (χ0v) is 8.95. The van der Waals surface area contributed by atoms with Gasteiger partial charge in [-0.2, -0.15) is 0 Å². The Kier molecular flexibility index (Phi) is 2.66. The van der Waals surface area contributed by atoms with Crippen LogP contribution in [-0.2, 0) is 0 Å². The average Bonchev–Trinajstić information content (AvgIpc) is 1.99. The number of aryl methyl sites for hydroxylation is 1. The molecule has 0 spiro atoms. The van der Waals surface area contributed by atoms with Crippen LogP contribution in [-0.4, -0.2) is 4.92 Å². The van der Waals surface area contributed by atoms with Crippen LogP contribution >= 0.6 is 22.6 Å². The molecule has 1 aromatic rings. The SMILES string of the molecule is Cc1cc([N+](=O)[O-])cc(I)c1C. The molecule has 3 nitrogen and oxygen atoms in total. The predicted octanol–water partition coefficient (Wildman–Crippen LogP) is 2.82. The van der Waals surface area contributed by atoms with Crippen LogP contribution in [0.2, 0.25) is 0 Å². The Bertz CT molecular complexity index is 313. The summed E-state index contributed by atoms with van der Waals surface area (Å²) in [7, 11) is 0. The van der Waals surface area contributed by atoms with Gasteiger partial charge in [-0.1, -0.05) is 0 Å². The number of hydrogen-bond acceptors (Lipinski definition) is 2. The minimum Gasteiger partial charge on any atom is -0.258 e. The van der Waals surface area contributed by atoms with Gasteiger partial charge in [-0.25, -0.2) is 0 Å². The van der Waals surface area contributed by atoms with Crippen LogP contribution in [0.5, 0.6) is 0 Å². The topological polar surface area (TPSA) is 43.1 Å². The monoisotopic (exact) mass is 277 g/mol. The molecule has 4 heteroatoms. The fourth-order valence-corrected chi connectivity index (χ4v) is 1.65. The van der Waals surface area contributed by atoms with Crippen molar-refractivity contribution in [3.63, 3.8) is 0 Å². The van der Waals surface area contributed by atoms with Crippen LogP contribution in [0.25, 0.3) is 0 Å². The highest BCUT2D eigenvalue weighted by Crippen LogP contribution is 2.22. The van der Waals surface area contributed by atoms with Crippen molar-refractivity contribution in [2.45, 2.75) is 13.8 Å². The third-order valence-corrected chi connectivity index (χ3v) is 2.92.